The maximum Gasteiger partial charge on any atom is 0.363 e. The lowest BCUT2D eigenvalue weighted by Crippen LogP contribution is -2.42. The highest BCUT2D eigenvalue weighted by atomic mass is 32.1. The van der Waals surface area contributed by atoms with Crippen LogP contribution in [0.4, 0.5) is 5.13 Å². The Morgan fingerprint density at radius 2 is 1.95 bits per heavy atom. The van der Waals surface area contributed by atoms with Crippen LogP contribution < -0.4 is 21.4 Å². The molecular weight excluding hydrogens is 494 g/mol. The predicted molar refractivity (Wildman–Crippen MR) is 140 cm³/mol. The number of benzene rings is 1. The van der Waals surface area contributed by atoms with E-state index in [1.165, 1.54) is 29.3 Å². The third kappa shape index (κ3) is 4.54. The third-order valence-corrected chi connectivity index (χ3v) is 6.81. The maximum absolute atomic E-state index is 13.3. The summed E-state index contributed by atoms with van der Waals surface area (Å²) in [4.78, 5) is 57.7. The number of H-pyrrole nitrogens is 1. The molecule has 0 aliphatic carbocycles. The summed E-state index contributed by atoms with van der Waals surface area (Å²) in [6.07, 6.45) is 5.51. The topological polar surface area (TPSA) is 137 Å². The summed E-state index contributed by atoms with van der Waals surface area (Å²) in [6, 6.07) is 12.1. The second-order valence-electron chi connectivity index (χ2n) is 8.80. The number of amides is 1. The molecule has 1 amide bonds. The van der Waals surface area contributed by atoms with E-state index in [0.717, 1.165) is 27.1 Å². The molecule has 5 rings (SSSR count). The van der Waals surface area contributed by atoms with Gasteiger partial charge in [0.15, 0.2) is 16.3 Å². The van der Waals surface area contributed by atoms with Crippen molar-refractivity contribution in [1.82, 2.24) is 29.2 Å². The summed E-state index contributed by atoms with van der Waals surface area (Å²) in [5.41, 5.74) is 1.43. The van der Waals surface area contributed by atoms with Gasteiger partial charge in [0.1, 0.15) is 12.6 Å². The van der Waals surface area contributed by atoms with Crippen molar-refractivity contribution in [2.75, 3.05) is 12.4 Å². The molecule has 0 atom stereocenters. The fraction of sp³-hybridized carbons (Fsp3) is 0.200. The molecule has 4 heterocycles. The molecule has 0 radical (unpaired) electrons. The lowest BCUT2D eigenvalue weighted by Gasteiger charge is -2.25. The van der Waals surface area contributed by atoms with E-state index in [4.69, 9.17) is 4.84 Å². The second kappa shape index (κ2) is 9.47. The van der Waals surface area contributed by atoms with Crippen molar-refractivity contribution >= 4 is 33.5 Å². The number of imidazole rings is 1. The second-order valence-corrected chi connectivity index (χ2v) is 9.65. The first-order chi connectivity index (χ1) is 17.8. The maximum atomic E-state index is 13.3. The number of nitrogens with zero attached hydrogens (tertiary/aromatic N) is 5. The summed E-state index contributed by atoms with van der Waals surface area (Å²) < 4.78 is 2.32. The lowest BCUT2D eigenvalue weighted by molar-refractivity contribution is -0.123. The average Bonchev–Trinajstić information content (AvgIpc) is 3.53. The van der Waals surface area contributed by atoms with Crippen LogP contribution in [0.25, 0.3) is 22.3 Å². The minimum absolute atomic E-state index is 0.0200. The Bertz CT molecular complexity index is 1700. The van der Waals surface area contributed by atoms with Crippen molar-refractivity contribution in [3.05, 3.63) is 92.6 Å². The zero-order chi connectivity index (χ0) is 26.2. The number of nitrogens with one attached hydrogen (secondary N) is 2. The van der Waals surface area contributed by atoms with Gasteiger partial charge in [-0.25, -0.2) is 14.8 Å². The highest BCUT2D eigenvalue weighted by molar-refractivity contribution is 7.13. The number of hydrogen-bond acceptors (Lipinski definition) is 8. The van der Waals surface area contributed by atoms with Gasteiger partial charge in [0.05, 0.1) is 12.0 Å². The van der Waals surface area contributed by atoms with Gasteiger partial charge >= 0.3 is 5.69 Å². The number of thiazole rings is 1. The molecule has 0 bridgehead atoms. The monoisotopic (exact) mass is 517 g/mol. The van der Waals surface area contributed by atoms with Crippen LogP contribution in [-0.2, 0) is 16.8 Å². The van der Waals surface area contributed by atoms with E-state index in [0.29, 0.717) is 11.6 Å². The van der Waals surface area contributed by atoms with Crippen LogP contribution in [0.3, 0.4) is 0 Å². The van der Waals surface area contributed by atoms with Crippen molar-refractivity contribution < 1.29 is 9.63 Å². The van der Waals surface area contributed by atoms with E-state index < -0.39 is 22.7 Å². The lowest BCUT2D eigenvalue weighted by atomic mass is 10.0. The molecule has 0 unspecified atom stereocenters. The third-order valence-electron chi connectivity index (χ3n) is 6.00. The molecule has 0 aliphatic heterocycles. The van der Waals surface area contributed by atoms with Crippen LogP contribution in [0.1, 0.15) is 25.1 Å². The van der Waals surface area contributed by atoms with E-state index in [-0.39, 0.29) is 11.2 Å². The first-order valence-corrected chi connectivity index (χ1v) is 12.2. The van der Waals surface area contributed by atoms with Crippen molar-refractivity contribution in [2.24, 2.45) is 0 Å². The fourth-order valence-corrected chi connectivity index (χ4v) is 4.65. The smallest absolute Gasteiger partial charge is 0.363 e. The molecule has 0 fully saturated rings. The van der Waals surface area contributed by atoms with Crippen molar-refractivity contribution in [3.63, 3.8) is 0 Å². The Hall–Kier alpha value is -4.58. The number of rotatable bonds is 7. The number of carbonyl (C=O) groups is 1. The van der Waals surface area contributed by atoms with Crippen LogP contribution >= 0.6 is 11.3 Å². The number of aromatic nitrogens is 6. The summed E-state index contributed by atoms with van der Waals surface area (Å²) in [5, 5.41) is 5.17. The molecular formula is C25H23N7O4S. The summed E-state index contributed by atoms with van der Waals surface area (Å²) in [7, 11) is 1.28. The molecule has 0 aliphatic rings. The van der Waals surface area contributed by atoms with Crippen molar-refractivity contribution in [2.45, 2.75) is 25.8 Å². The molecule has 1 aromatic carbocycles. The number of aromatic amines is 1. The first-order valence-electron chi connectivity index (χ1n) is 11.3. The zero-order valence-corrected chi connectivity index (χ0v) is 21.1. The normalized spacial score (nSPS) is 11.5. The van der Waals surface area contributed by atoms with Gasteiger partial charge in [-0.3, -0.25) is 29.4 Å². The van der Waals surface area contributed by atoms with Gasteiger partial charge in [-0.05, 0) is 36.6 Å². The molecule has 0 spiro atoms. The Labute approximate surface area is 214 Å². The molecule has 12 heteroatoms. The van der Waals surface area contributed by atoms with Gasteiger partial charge in [-0.2, -0.15) is 0 Å². The highest BCUT2D eigenvalue weighted by Crippen LogP contribution is 2.25. The Kier molecular flexibility index (Phi) is 6.17. The van der Waals surface area contributed by atoms with Gasteiger partial charge in [0.25, 0.3) is 11.5 Å². The van der Waals surface area contributed by atoms with Gasteiger partial charge in [-0.15, -0.1) is 16.1 Å². The molecule has 5 aromatic rings. The largest absolute Gasteiger partial charge is 0.411 e. The predicted octanol–water partition coefficient (Wildman–Crippen LogP) is 2.43. The number of anilines is 1. The molecule has 2 N–H and O–H groups in total. The Morgan fingerprint density at radius 1 is 1.16 bits per heavy atom. The molecule has 0 saturated carbocycles. The SMILES string of the molecule is COn1c(=O)[nH]c(=O)c2ncn(C(C)(C)C(=O)Nc3nc(Cc4ccc(-c5cccnc5)cc4)cs3)c21. The van der Waals surface area contributed by atoms with Gasteiger partial charge < -0.3 is 4.84 Å². The number of hydrogen-bond donors (Lipinski definition) is 2. The Balaban J connectivity index is 1.33. The van der Waals surface area contributed by atoms with Crippen LogP contribution in [-0.4, -0.2) is 42.3 Å². The van der Waals surface area contributed by atoms with Crippen LogP contribution in [0.2, 0.25) is 0 Å². The minimum Gasteiger partial charge on any atom is -0.411 e. The molecule has 188 valence electrons. The van der Waals surface area contributed by atoms with Crippen LogP contribution in [0, 0.1) is 0 Å². The van der Waals surface area contributed by atoms with Gasteiger partial charge in [-0.1, -0.05) is 30.3 Å². The highest BCUT2D eigenvalue weighted by Gasteiger charge is 2.34. The molecule has 4 aromatic heterocycles. The standard InChI is InChI=1S/C25H23N7O4S/c1-25(2,31-14-27-19-20(33)29-24(35)32(36-3)21(19)31)22(34)30-23-28-18(13-37-23)11-15-6-8-16(9-7-15)17-5-4-10-26-12-17/h4-10,12-14H,11H2,1-3H3,(H,28,30,34)(H,29,33,35). The van der Waals surface area contributed by atoms with Crippen molar-refractivity contribution in [3.8, 4) is 11.1 Å². The van der Waals surface area contributed by atoms with E-state index >= 15 is 0 Å². The summed E-state index contributed by atoms with van der Waals surface area (Å²) >= 11 is 1.32. The van der Waals surface area contributed by atoms with E-state index in [1.807, 2.05) is 48.0 Å². The number of fused-ring (bicyclic) bond motifs is 1. The summed E-state index contributed by atoms with van der Waals surface area (Å²) in [5.74, 6) is -0.399. The zero-order valence-electron chi connectivity index (χ0n) is 20.3. The van der Waals surface area contributed by atoms with Crippen molar-refractivity contribution in [1.29, 1.82) is 0 Å². The molecule has 0 saturated heterocycles. The van der Waals surface area contributed by atoms with E-state index in [1.54, 1.807) is 20.0 Å². The first kappa shape index (κ1) is 24.1. The average molecular weight is 518 g/mol. The molecule has 11 nitrogen and oxygen atoms in total. The van der Waals surface area contributed by atoms with Gasteiger partial charge in [0, 0.05) is 24.2 Å². The van der Waals surface area contributed by atoms with Crippen LogP contribution in [0.5, 0.6) is 0 Å². The van der Waals surface area contributed by atoms with Gasteiger partial charge in [0.2, 0.25) is 0 Å². The minimum atomic E-state index is -1.23. The Morgan fingerprint density at radius 3 is 2.65 bits per heavy atom. The number of pyridine rings is 1. The quantitative estimate of drug-likeness (QED) is 0.338. The van der Waals surface area contributed by atoms with Crippen LogP contribution in [0.15, 0.2) is 70.1 Å². The van der Waals surface area contributed by atoms with E-state index in [9.17, 15) is 14.4 Å². The summed E-state index contributed by atoms with van der Waals surface area (Å²) in [6.45, 7) is 3.29. The molecule has 37 heavy (non-hydrogen) atoms. The fourth-order valence-electron chi connectivity index (χ4n) is 3.94. The van der Waals surface area contributed by atoms with E-state index in [2.05, 4.69) is 25.3 Å². The number of carbonyl (C=O) groups excluding carboxylic acids is 1.